The van der Waals surface area contributed by atoms with Gasteiger partial charge in [-0.2, -0.15) is 0 Å². The van der Waals surface area contributed by atoms with E-state index in [9.17, 15) is 4.79 Å². The van der Waals surface area contributed by atoms with Crippen LogP contribution >= 0.6 is 11.3 Å². The summed E-state index contributed by atoms with van der Waals surface area (Å²) in [5.41, 5.74) is 0.743. The Balaban J connectivity index is 1.59. The molecule has 1 aliphatic rings. The van der Waals surface area contributed by atoms with E-state index in [1.165, 1.54) is 4.88 Å². The van der Waals surface area contributed by atoms with E-state index < -0.39 is 0 Å². The van der Waals surface area contributed by atoms with Gasteiger partial charge >= 0.3 is 0 Å². The second-order valence-corrected chi connectivity index (χ2v) is 6.37. The number of carbonyl (C=O) groups excluding carboxylic acids is 1. The van der Waals surface area contributed by atoms with E-state index in [-0.39, 0.29) is 5.91 Å². The van der Waals surface area contributed by atoms with Gasteiger partial charge in [0.05, 0.1) is 5.69 Å². The van der Waals surface area contributed by atoms with Crippen molar-refractivity contribution in [2.75, 3.05) is 26.2 Å². The smallest absolute Gasteiger partial charge is 0.292 e. The van der Waals surface area contributed by atoms with Crippen LogP contribution in [0.1, 0.15) is 27.5 Å². The maximum Gasteiger partial charge on any atom is 0.292 e. The lowest BCUT2D eigenvalue weighted by atomic mass is 10.3. The van der Waals surface area contributed by atoms with Gasteiger partial charge in [0, 0.05) is 43.7 Å². The molecule has 0 radical (unpaired) electrons. The summed E-state index contributed by atoms with van der Waals surface area (Å²) in [6.45, 7) is 6.24. The highest BCUT2D eigenvalue weighted by Gasteiger charge is 2.23. The highest BCUT2D eigenvalue weighted by Crippen LogP contribution is 2.15. The Hall–Kier alpha value is -1.66. The second-order valence-electron chi connectivity index (χ2n) is 5.33. The summed E-state index contributed by atoms with van der Waals surface area (Å²) in [5, 5.41) is 5.90. The molecule has 1 saturated heterocycles. The molecule has 1 amide bonds. The maximum absolute atomic E-state index is 12.4. The van der Waals surface area contributed by atoms with Gasteiger partial charge in [-0.3, -0.25) is 9.69 Å². The van der Waals surface area contributed by atoms with E-state index in [0.717, 1.165) is 44.8 Å². The zero-order valence-electron chi connectivity index (χ0n) is 12.1. The fourth-order valence-electron chi connectivity index (χ4n) is 2.58. The number of aryl methyl sites for hydroxylation is 1. The van der Waals surface area contributed by atoms with Crippen LogP contribution < -0.4 is 0 Å². The molecule has 5 nitrogen and oxygen atoms in total. The summed E-state index contributed by atoms with van der Waals surface area (Å²) in [4.78, 5) is 18.0. The predicted octanol–water partition coefficient (Wildman–Crippen LogP) is 2.39. The van der Waals surface area contributed by atoms with E-state index >= 15 is 0 Å². The Labute approximate surface area is 128 Å². The first-order chi connectivity index (χ1) is 10.2. The molecule has 21 heavy (non-hydrogen) atoms. The Morgan fingerprint density at radius 2 is 2.29 bits per heavy atom. The van der Waals surface area contributed by atoms with Gasteiger partial charge in [0.15, 0.2) is 0 Å². The Morgan fingerprint density at radius 3 is 3.00 bits per heavy atom. The van der Waals surface area contributed by atoms with Gasteiger partial charge in [-0.1, -0.05) is 11.2 Å². The van der Waals surface area contributed by atoms with Gasteiger partial charge < -0.3 is 9.42 Å². The number of carbonyl (C=O) groups is 1. The van der Waals surface area contributed by atoms with Crippen LogP contribution in [0.15, 0.2) is 28.1 Å². The van der Waals surface area contributed by atoms with Crippen molar-refractivity contribution in [1.82, 2.24) is 15.0 Å². The molecule has 3 heterocycles. The number of hydrogen-bond acceptors (Lipinski definition) is 5. The van der Waals surface area contributed by atoms with Crippen molar-refractivity contribution in [2.24, 2.45) is 0 Å². The Bertz CT molecular complexity index is 594. The summed E-state index contributed by atoms with van der Waals surface area (Å²) < 4.78 is 5.08. The third-order valence-corrected chi connectivity index (χ3v) is 4.54. The van der Waals surface area contributed by atoms with Crippen LogP contribution in [-0.4, -0.2) is 47.0 Å². The first-order valence-electron chi connectivity index (χ1n) is 7.20. The van der Waals surface area contributed by atoms with Gasteiger partial charge in [-0.25, -0.2) is 0 Å². The van der Waals surface area contributed by atoms with Gasteiger partial charge in [-0.15, -0.1) is 11.3 Å². The molecule has 0 atom stereocenters. The molecule has 6 heteroatoms. The minimum Gasteiger partial charge on any atom is -0.351 e. The largest absolute Gasteiger partial charge is 0.351 e. The molecular weight excluding hydrogens is 286 g/mol. The zero-order valence-corrected chi connectivity index (χ0v) is 12.9. The summed E-state index contributed by atoms with van der Waals surface area (Å²) in [6, 6.07) is 5.95. The third-order valence-electron chi connectivity index (χ3n) is 3.67. The highest BCUT2D eigenvalue weighted by atomic mass is 32.1. The van der Waals surface area contributed by atoms with E-state index in [1.54, 1.807) is 17.4 Å². The second kappa shape index (κ2) is 6.41. The van der Waals surface area contributed by atoms with Crippen molar-refractivity contribution >= 4 is 17.2 Å². The van der Waals surface area contributed by atoms with Crippen LogP contribution in [0.2, 0.25) is 0 Å². The molecule has 3 rings (SSSR count). The molecule has 112 valence electrons. The molecule has 0 saturated carbocycles. The molecule has 0 aliphatic carbocycles. The number of rotatable bonds is 3. The van der Waals surface area contributed by atoms with Crippen molar-refractivity contribution < 1.29 is 9.32 Å². The normalized spacial score (nSPS) is 16.9. The number of hydrogen-bond donors (Lipinski definition) is 0. The van der Waals surface area contributed by atoms with Crippen molar-refractivity contribution in [3.05, 3.63) is 39.9 Å². The van der Waals surface area contributed by atoms with Crippen LogP contribution in [0.4, 0.5) is 0 Å². The van der Waals surface area contributed by atoms with Crippen LogP contribution in [0.3, 0.4) is 0 Å². The quantitative estimate of drug-likeness (QED) is 0.873. The molecule has 1 aliphatic heterocycles. The first-order valence-corrected chi connectivity index (χ1v) is 8.07. The molecule has 0 N–H and O–H groups in total. The molecular formula is C15H19N3O2S. The molecule has 0 unspecified atom stereocenters. The van der Waals surface area contributed by atoms with Crippen LogP contribution in [0.5, 0.6) is 0 Å². The number of nitrogens with zero attached hydrogens (tertiary/aromatic N) is 3. The summed E-state index contributed by atoms with van der Waals surface area (Å²) in [5.74, 6) is 0.299. The van der Waals surface area contributed by atoms with E-state index in [2.05, 4.69) is 27.6 Å². The molecule has 2 aromatic heterocycles. The average molecular weight is 305 g/mol. The minimum atomic E-state index is -0.0476. The molecule has 2 aromatic rings. The SMILES string of the molecule is Cc1cc(C(=O)N2CCCN(Cc3cccs3)CC2)on1. The van der Waals surface area contributed by atoms with Crippen LogP contribution in [0.25, 0.3) is 0 Å². The monoisotopic (exact) mass is 305 g/mol. The standard InChI is InChI=1S/C15H19N3O2S/c1-12-10-14(20-16-12)15(19)18-6-3-5-17(7-8-18)11-13-4-2-9-21-13/h2,4,9-10H,3,5-8,11H2,1H3. The lowest BCUT2D eigenvalue weighted by molar-refractivity contribution is 0.0719. The van der Waals surface area contributed by atoms with Crippen molar-refractivity contribution in [3.63, 3.8) is 0 Å². The van der Waals surface area contributed by atoms with E-state index in [1.807, 2.05) is 11.8 Å². The summed E-state index contributed by atoms with van der Waals surface area (Å²) >= 11 is 1.78. The first kappa shape index (κ1) is 14.3. The lowest BCUT2D eigenvalue weighted by Gasteiger charge is -2.20. The van der Waals surface area contributed by atoms with Gasteiger partial charge in [0.2, 0.25) is 5.76 Å². The topological polar surface area (TPSA) is 49.6 Å². The Kier molecular flexibility index (Phi) is 4.36. The lowest BCUT2D eigenvalue weighted by Crippen LogP contribution is -2.34. The van der Waals surface area contributed by atoms with Crippen LogP contribution in [0, 0.1) is 6.92 Å². The summed E-state index contributed by atoms with van der Waals surface area (Å²) in [7, 11) is 0. The number of thiophene rings is 1. The van der Waals surface area contributed by atoms with E-state index in [0.29, 0.717) is 5.76 Å². The summed E-state index contributed by atoms with van der Waals surface area (Å²) in [6.07, 6.45) is 0.990. The predicted molar refractivity (Wildman–Crippen MR) is 81.4 cm³/mol. The fraction of sp³-hybridized carbons (Fsp3) is 0.467. The van der Waals surface area contributed by atoms with Crippen molar-refractivity contribution in [1.29, 1.82) is 0 Å². The molecule has 0 bridgehead atoms. The van der Waals surface area contributed by atoms with Gasteiger partial charge in [0.25, 0.3) is 5.91 Å². The maximum atomic E-state index is 12.4. The Morgan fingerprint density at radius 1 is 1.38 bits per heavy atom. The van der Waals surface area contributed by atoms with Gasteiger partial charge in [0.1, 0.15) is 0 Å². The molecule has 0 aromatic carbocycles. The van der Waals surface area contributed by atoms with Crippen LogP contribution in [-0.2, 0) is 6.54 Å². The molecule has 0 spiro atoms. The van der Waals surface area contributed by atoms with E-state index in [4.69, 9.17) is 4.52 Å². The molecule has 1 fully saturated rings. The zero-order chi connectivity index (χ0) is 14.7. The fourth-order valence-corrected chi connectivity index (χ4v) is 3.32. The number of aromatic nitrogens is 1. The number of amides is 1. The van der Waals surface area contributed by atoms with Crippen molar-refractivity contribution in [3.8, 4) is 0 Å². The third kappa shape index (κ3) is 3.51. The highest BCUT2D eigenvalue weighted by molar-refractivity contribution is 7.09. The average Bonchev–Trinajstić information content (AvgIpc) is 3.07. The van der Waals surface area contributed by atoms with Gasteiger partial charge in [-0.05, 0) is 24.8 Å². The minimum absolute atomic E-state index is 0.0476. The van der Waals surface area contributed by atoms with Crippen molar-refractivity contribution in [2.45, 2.75) is 19.9 Å².